The zero-order chi connectivity index (χ0) is 14.4. The highest BCUT2D eigenvalue weighted by molar-refractivity contribution is 5.97. The van der Waals surface area contributed by atoms with E-state index >= 15 is 0 Å². The zero-order valence-electron chi connectivity index (χ0n) is 11.1. The topological polar surface area (TPSA) is 66.4 Å². The van der Waals surface area contributed by atoms with Crippen molar-refractivity contribution in [1.29, 1.82) is 0 Å². The van der Waals surface area contributed by atoms with Gasteiger partial charge in [0.25, 0.3) is 5.91 Å². The molecule has 0 heterocycles. The summed E-state index contributed by atoms with van der Waals surface area (Å²) in [5, 5.41) is 11.5. The SMILES string of the molecule is CCCCC(NC(=O)c1cccc(F)c1C)C(=O)O. The van der Waals surface area contributed by atoms with Crippen molar-refractivity contribution < 1.29 is 19.1 Å². The van der Waals surface area contributed by atoms with E-state index in [2.05, 4.69) is 5.32 Å². The van der Waals surface area contributed by atoms with Gasteiger partial charge in [-0.15, -0.1) is 0 Å². The molecule has 0 aliphatic heterocycles. The van der Waals surface area contributed by atoms with Crippen LogP contribution in [0.25, 0.3) is 0 Å². The van der Waals surface area contributed by atoms with Crippen molar-refractivity contribution in [3.8, 4) is 0 Å². The van der Waals surface area contributed by atoms with Crippen LogP contribution in [-0.2, 0) is 4.79 Å². The summed E-state index contributed by atoms with van der Waals surface area (Å²) in [6, 6.07) is 3.23. The van der Waals surface area contributed by atoms with E-state index in [1.54, 1.807) is 0 Å². The van der Waals surface area contributed by atoms with Gasteiger partial charge in [-0.2, -0.15) is 0 Å². The third-order valence-corrected chi connectivity index (χ3v) is 2.96. The monoisotopic (exact) mass is 267 g/mol. The lowest BCUT2D eigenvalue weighted by Crippen LogP contribution is -2.41. The van der Waals surface area contributed by atoms with E-state index in [4.69, 9.17) is 5.11 Å². The number of aliphatic carboxylic acids is 1. The Kier molecular flexibility index (Phi) is 5.48. The molecule has 1 aromatic carbocycles. The Morgan fingerprint density at radius 3 is 2.68 bits per heavy atom. The van der Waals surface area contributed by atoms with Gasteiger partial charge < -0.3 is 10.4 Å². The van der Waals surface area contributed by atoms with Crippen LogP contribution in [0.5, 0.6) is 0 Å². The molecular weight excluding hydrogens is 249 g/mol. The van der Waals surface area contributed by atoms with Gasteiger partial charge in [0.2, 0.25) is 0 Å². The summed E-state index contributed by atoms with van der Waals surface area (Å²) in [7, 11) is 0. The average Bonchev–Trinajstić information content (AvgIpc) is 2.37. The largest absolute Gasteiger partial charge is 0.480 e. The molecule has 0 aromatic heterocycles. The molecule has 0 radical (unpaired) electrons. The minimum absolute atomic E-state index is 0.169. The minimum Gasteiger partial charge on any atom is -0.480 e. The van der Waals surface area contributed by atoms with Crippen molar-refractivity contribution in [2.24, 2.45) is 0 Å². The number of benzene rings is 1. The second-order valence-corrected chi connectivity index (χ2v) is 4.42. The standard InChI is InChI=1S/C14H18FNO3/c1-3-4-8-12(14(18)19)16-13(17)10-6-5-7-11(15)9(10)2/h5-7,12H,3-4,8H2,1-2H3,(H,16,17)(H,18,19). The molecule has 0 saturated heterocycles. The van der Waals surface area contributed by atoms with Crippen LogP contribution in [0.2, 0.25) is 0 Å². The Morgan fingerprint density at radius 1 is 1.42 bits per heavy atom. The van der Waals surface area contributed by atoms with E-state index in [1.165, 1.54) is 25.1 Å². The Labute approximate surface area is 111 Å². The lowest BCUT2D eigenvalue weighted by atomic mass is 10.1. The van der Waals surface area contributed by atoms with Crippen LogP contribution in [-0.4, -0.2) is 23.0 Å². The molecule has 0 spiro atoms. The number of hydrogen-bond acceptors (Lipinski definition) is 2. The predicted octanol–water partition coefficient (Wildman–Crippen LogP) is 2.51. The van der Waals surface area contributed by atoms with E-state index in [1.807, 2.05) is 6.92 Å². The summed E-state index contributed by atoms with van der Waals surface area (Å²) in [5.74, 6) is -2.11. The maximum atomic E-state index is 13.3. The highest BCUT2D eigenvalue weighted by Crippen LogP contribution is 2.12. The summed E-state index contributed by atoms with van der Waals surface area (Å²) in [6.45, 7) is 3.43. The van der Waals surface area contributed by atoms with Crippen LogP contribution in [0, 0.1) is 12.7 Å². The van der Waals surface area contributed by atoms with Crippen molar-refractivity contribution in [1.82, 2.24) is 5.32 Å². The second kappa shape index (κ2) is 6.87. The Morgan fingerprint density at radius 2 is 2.11 bits per heavy atom. The summed E-state index contributed by atoms with van der Waals surface area (Å²) in [5.41, 5.74) is 0.391. The minimum atomic E-state index is -1.07. The number of hydrogen-bond donors (Lipinski definition) is 2. The lowest BCUT2D eigenvalue weighted by molar-refractivity contribution is -0.139. The fourth-order valence-corrected chi connectivity index (χ4v) is 1.76. The summed E-state index contributed by atoms with van der Waals surface area (Å²) in [6.07, 6.45) is 1.92. The molecule has 0 fully saturated rings. The molecule has 4 nitrogen and oxygen atoms in total. The quantitative estimate of drug-likeness (QED) is 0.832. The number of halogens is 1. The maximum absolute atomic E-state index is 13.3. The van der Waals surface area contributed by atoms with Crippen LogP contribution in [0.3, 0.4) is 0 Å². The van der Waals surface area contributed by atoms with Crippen molar-refractivity contribution in [3.05, 3.63) is 35.1 Å². The third-order valence-electron chi connectivity index (χ3n) is 2.96. The van der Waals surface area contributed by atoms with Gasteiger partial charge in [0, 0.05) is 5.56 Å². The molecule has 1 aromatic rings. The van der Waals surface area contributed by atoms with Crippen molar-refractivity contribution >= 4 is 11.9 Å². The van der Waals surface area contributed by atoms with E-state index in [-0.39, 0.29) is 11.1 Å². The number of carbonyl (C=O) groups excluding carboxylic acids is 1. The number of nitrogens with one attached hydrogen (secondary N) is 1. The Bertz CT molecular complexity index is 474. The molecule has 1 rings (SSSR count). The number of carbonyl (C=O) groups is 2. The highest BCUT2D eigenvalue weighted by Gasteiger charge is 2.21. The van der Waals surface area contributed by atoms with Gasteiger partial charge in [0.05, 0.1) is 0 Å². The normalized spacial score (nSPS) is 11.9. The Balaban J connectivity index is 2.82. The van der Waals surface area contributed by atoms with Gasteiger partial charge in [-0.05, 0) is 31.0 Å². The Hall–Kier alpha value is -1.91. The van der Waals surface area contributed by atoms with E-state index in [0.29, 0.717) is 12.8 Å². The number of unbranched alkanes of at least 4 members (excludes halogenated alkanes) is 1. The number of carboxylic acids is 1. The summed E-state index contributed by atoms with van der Waals surface area (Å²) in [4.78, 5) is 23.0. The molecular formula is C14H18FNO3. The maximum Gasteiger partial charge on any atom is 0.326 e. The van der Waals surface area contributed by atoms with Gasteiger partial charge in [0.15, 0.2) is 0 Å². The molecule has 5 heteroatoms. The van der Waals surface area contributed by atoms with Crippen LogP contribution in [0.4, 0.5) is 4.39 Å². The number of rotatable bonds is 6. The molecule has 104 valence electrons. The predicted molar refractivity (Wildman–Crippen MR) is 69.6 cm³/mol. The molecule has 0 bridgehead atoms. The summed E-state index contributed by atoms with van der Waals surface area (Å²) >= 11 is 0. The first-order valence-corrected chi connectivity index (χ1v) is 6.26. The molecule has 0 saturated carbocycles. The van der Waals surface area contributed by atoms with Gasteiger partial charge in [-0.3, -0.25) is 4.79 Å². The van der Waals surface area contributed by atoms with Crippen molar-refractivity contribution in [2.75, 3.05) is 0 Å². The number of carboxylic acid groups (broad SMARTS) is 1. The van der Waals surface area contributed by atoms with Crippen LogP contribution < -0.4 is 5.32 Å². The molecule has 2 N–H and O–H groups in total. The van der Waals surface area contributed by atoms with Crippen LogP contribution in [0.15, 0.2) is 18.2 Å². The summed E-state index contributed by atoms with van der Waals surface area (Å²) < 4.78 is 13.3. The second-order valence-electron chi connectivity index (χ2n) is 4.42. The highest BCUT2D eigenvalue weighted by atomic mass is 19.1. The van der Waals surface area contributed by atoms with Gasteiger partial charge in [-0.1, -0.05) is 25.8 Å². The molecule has 19 heavy (non-hydrogen) atoms. The third kappa shape index (κ3) is 4.05. The fourth-order valence-electron chi connectivity index (χ4n) is 1.76. The average molecular weight is 267 g/mol. The van der Waals surface area contributed by atoms with Crippen molar-refractivity contribution in [3.63, 3.8) is 0 Å². The first kappa shape index (κ1) is 15.1. The zero-order valence-corrected chi connectivity index (χ0v) is 11.1. The number of amides is 1. The van der Waals surface area contributed by atoms with E-state index < -0.39 is 23.7 Å². The molecule has 0 aliphatic rings. The van der Waals surface area contributed by atoms with E-state index in [0.717, 1.165) is 6.42 Å². The molecule has 0 aliphatic carbocycles. The molecule has 1 unspecified atom stereocenters. The van der Waals surface area contributed by atoms with Gasteiger partial charge in [-0.25, -0.2) is 9.18 Å². The lowest BCUT2D eigenvalue weighted by Gasteiger charge is -2.15. The van der Waals surface area contributed by atoms with Gasteiger partial charge >= 0.3 is 5.97 Å². The van der Waals surface area contributed by atoms with Crippen LogP contribution in [0.1, 0.15) is 42.1 Å². The van der Waals surface area contributed by atoms with Crippen LogP contribution >= 0.6 is 0 Å². The first-order chi connectivity index (χ1) is 8.97. The smallest absolute Gasteiger partial charge is 0.326 e. The first-order valence-electron chi connectivity index (χ1n) is 6.26. The molecule has 1 amide bonds. The van der Waals surface area contributed by atoms with E-state index in [9.17, 15) is 14.0 Å². The molecule has 1 atom stereocenters. The van der Waals surface area contributed by atoms with Crippen molar-refractivity contribution in [2.45, 2.75) is 39.2 Å². The van der Waals surface area contributed by atoms with Gasteiger partial charge in [0.1, 0.15) is 11.9 Å². The fraction of sp³-hybridized carbons (Fsp3) is 0.429.